The summed E-state index contributed by atoms with van der Waals surface area (Å²) in [7, 11) is 0. The van der Waals surface area contributed by atoms with E-state index in [2.05, 4.69) is 67.8 Å². The molecule has 64 heavy (non-hydrogen) atoms. The molecule has 0 rings (SSSR count). The van der Waals surface area contributed by atoms with Crippen molar-refractivity contribution in [2.45, 2.75) is 296 Å². The Morgan fingerprint density at radius 3 is 1.22 bits per heavy atom. The average molecular weight is 898 g/mol. The zero-order valence-corrected chi connectivity index (χ0v) is 42.5. The molecule has 0 aromatic rings. The summed E-state index contributed by atoms with van der Waals surface area (Å²) in [6, 6.07) is -0.553. The molecule has 1 amide bonds. The van der Waals surface area contributed by atoms with Crippen LogP contribution in [0.3, 0.4) is 0 Å². The molecule has 374 valence electrons. The molecule has 2 atom stereocenters. The van der Waals surface area contributed by atoms with Gasteiger partial charge in [-0.15, -0.1) is 0 Å². The number of aliphatic hydroxyl groups excluding tert-OH is 2. The van der Waals surface area contributed by atoms with Crippen molar-refractivity contribution < 1.29 is 24.5 Å². The Kier molecular flexibility index (Phi) is 51.6. The summed E-state index contributed by atoms with van der Waals surface area (Å²) in [6.07, 6.45) is 66.7. The number of aliphatic hydroxyl groups is 2. The van der Waals surface area contributed by atoms with Crippen LogP contribution in [-0.4, -0.2) is 47.4 Å². The molecule has 0 spiro atoms. The minimum atomic E-state index is -0.674. The number of esters is 1. The van der Waals surface area contributed by atoms with Gasteiger partial charge < -0.3 is 20.3 Å². The molecular formula is C58H107NO5. The van der Waals surface area contributed by atoms with Crippen molar-refractivity contribution in [1.82, 2.24) is 5.32 Å². The van der Waals surface area contributed by atoms with Gasteiger partial charge in [0.25, 0.3) is 0 Å². The number of amides is 1. The molecule has 0 aliphatic heterocycles. The molecule has 0 fully saturated rings. The summed E-state index contributed by atoms with van der Waals surface area (Å²) in [5, 5.41) is 23.1. The van der Waals surface area contributed by atoms with E-state index >= 15 is 0 Å². The summed E-state index contributed by atoms with van der Waals surface area (Å²) in [6.45, 7) is 4.87. The number of nitrogens with one attached hydrogen (secondary N) is 1. The third-order valence-corrected chi connectivity index (χ3v) is 12.6. The number of ether oxygens (including phenoxy) is 1. The second-order valence-corrected chi connectivity index (χ2v) is 18.9. The van der Waals surface area contributed by atoms with Crippen molar-refractivity contribution in [2.24, 2.45) is 0 Å². The first-order chi connectivity index (χ1) is 31.5. The maximum absolute atomic E-state index is 12.4. The van der Waals surface area contributed by atoms with Gasteiger partial charge >= 0.3 is 5.97 Å². The Labute approximate surface area is 397 Å². The fraction of sp³-hybridized carbons (Fsp3) is 0.828. The highest BCUT2D eigenvalue weighted by molar-refractivity contribution is 5.76. The Balaban J connectivity index is 3.48. The monoisotopic (exact) mass is 898 g/mol. The van der Waals surface area contributed by atoms with Crippen molar-refractivity contribution in [3.8, 4) is 0 Å². The van der Waals surface area contributed by atoms with E-state index < -0.39 is 12.1 Å². The van der Waals surface area contributed by atoms with Crippen molar-refractivity contribution >= 4 is 11.9 Å². The molecule has 0 saturated carbocycles. The third kappa shape index (κ3) is 49.3. The maximum Gasteiger partial charge on any atom is 0.305 e. The van der Waals surface area contributed by atoms with Gasteiger partial charge in [-0.05, 0) is 96.3 Å². The summed E-state index contributed by atoms with van der Waals surface area (Å²) in [5.41, 5.74) is 0. The number of hydrogen-bond donors (Lipinski definition) is 3. The van der Waals surface area contributed by atoms with Gasteiger partial charge in [-0.2, -0.15) is 0 Å². The van der Waals surface area contributed by atoms with Crippen LogP contribution in [-0.2, 0) is 14.3 Å². The standard InChI is InChI=1S/C58H107NO5/c1-3-5-7-9-11-13-15-16-17-18-19-22-25-28-32-36-40-44-48-52-58(63)64-53-49-45-41-37-33-29-26-23-20-21-24-27-31-35-39-43-47-51-57(62)59-55(54-60)56(61)50-46-42-38-34-30-14-12-10-8-6-4-2/h11,13,16-17,20,23,29,33,55-56,60-61H,3-10,12,14-15,18-19,21-22,24-28,30-32,34-54H2,1-2H3,(H,59,62)/b13-11-,17-16-,23-20-,33-29-. The lowest BCUT2D eigenvalue weighted by atomic mass is 10.0. The van der Waals surface area contributed by atoms with Crippen LogP contribution < -0.4 is 5.32 Å². The highest BCUT2D eigenvalue weighted by Gasteiger charge is 2.20. The lowest BCUT2D eigenvalue weighted by Crippen LogP contribution is -2.45. The number of carbonyl (C=O) groups is 2. The molecule has 0 bridgehead atoms. The number of unbranched alkanes of at least 4 members (excludes halogenated alkanes) is 32. The molecule has 0 radical (unpaired) electrons. The normalized spacial score (nSPS) is 13.0. The largest absolute Gasteiger partial charge is 0.466 e. The highest BCUT2D eigenvalue weighted by atomic mass is 16.5. The van der Waals surface area contributed by atoms with E-state index in [4.69, 9.17) is 4.74 Å². The van der Waals surface area contributed by atoms with Gasteiger partial charge in [-0.25, -0.2) is 0 Å². The second-order valence-electron chi connectivity index (χ2n) is 18.9. The Morgan fingerprint density at radius 1 is 0.438 bits per heavy atom. The minimum absolute atomic E-state index is 0.0199. The molecule has 6 heteroatoms. The van der Waals surface area contributed by atoms with Crippen LogP contribution in [0.1, 0.15) is 284 Å². The lowest BCUT2D eigenvalue weighted by molar-refractivity contribution is -0.143. The SMILES string of the molecule is CCCCC/C=C\C/C=C\CCCCCCCCCCCC(=O)OCCCCC/C=C\C/C=C\CCCCCCCCCC(=O)NC(CO)C(O)CCCCCCCCCCCCC. The third-order valence-electron chi connectivity index (χ3n) is 12.6. The Hall–Kier alpha value is -2.18. The Morgan fingerprint density at radius 2 is 0.781 bits per heavy atom. The summed E-state index contributed by atoms with van der Waals surface area (Å²) < 4.78 is 5.46. The topological polar surface area (TPSA) is 95.9 Å². The molecule has 2 unspecified atom stereocenters. The number of hydrogen-bond acceptors (Lipinski definition) is 5. The molecule has 0 saturated heterocycles. The quantitative estimate of drug-likeness (QED) is 0.0321. The smallest absolute Gasteiger partial charge is 0.305 e. The molecule has 0 aliphatic rings. The van der Waals surface area contributed by atoms with E-state index in [-0.39, 0.29) is 18.5 Å². The minimum Gasteiger partial charge on any atom is -0.466 e. The van der Waals surface area contributed by atoms with Crippen molar-refractivity contribution in [1.29, 1.82) is 0 Å². The summed E-state index contributed by atoms with van der Waals surface area (Å²) >= 11 is 0. The van der Waals surface area contributed by atoms with Crippen LogP contribution in [0.25, 0.3) is 0 Å². The van der Waals surface area contributed by atoms with E-state index in [1.54, 1.807) is 0 Å². The van der Waals surface area contributed by atoms with Crippen LogP contribution in [0.4, 0.5) is 0 Å². The molecule has 0 heterocycles. The van der Waals surface area contributed by atoms with Gasteiger partial charge in [0, 0.05) is 12.8 Å². The first-order valence-corrected chi connectivity index (χ1v) is 27.9. The van der Waals surface area contributed by atoms with Crippen LogP contribution in [0.5, 0.6) is 0 Å². The number of rotatable bonds is 51. The van der Waals surface area contributed by atoms with E-state index in [9.17, 15) is 19.8 Å². The predicted molar refractivity (Wildman–Crippen MR) is 278 cm³/mol. The first-order valence-electron chi connectivity index (χ1n) is 27.9. The zero-order chi connectivity index (χ0) is 46.5. The van der Waals surface area contributed by atoms with E-state index in [0.717, 1.165) is 89.9 Å². The Bertz CT molecular complexity index is 1080. The van der Waals surface area contributed by atoms with Crippen LogP contribution >= 0.6 is 0 Å². The fourth-order valence-electron chi connectivity index (χ4n) is 8.29. The van der Waals surface area contributed by atoms with Crippen molar-refractivity contribution in [3.05, 3.63) is 48.6 Å². The second kappa shape index (κ2) is 53.4. The van der Waals surface area contributed by atoms with Gasteiger partial charge in [-0.3, -0.25) is 9.59 Å². The number of allylic oxidation sites excluding steroid dienone is 8. The highest BCUT2D eigenvalue weighted by Crippen LogP contribution is 2.16. The first kappa shape index (κ1) is 61.8. The number of carbonyl (C=O) groups excluding carboxylic acids is 2. The molecule has 6 nitrogen and oxygen atoms in total. The molecule has 0 aromatic heterocycles. The van der Waals surface area contributed by atoms with Crippen LogP contribution in [0.15, 0.2) is 48.6 Å². The molecular weight excluding hydrogens is 791 g/mol. The molecule has 3 N–H and O–H groups in total. The van der Waals surface area contributed by atoms with E-state index in [0.29, 0.717) is 25.9 Å². The zero-order valence-electron chi connectivity index (χ0n) is 42.5. The van der Waals surface area contributed by atoms with Crippen LogP contribution in [0, 0.1) is 0 Å². The van der Waals surface area contributed by atoms with Crippen molar-refractivity contribution in [3.63, 3.8) is 0 Å². The van der Waals surface area contributed by atoms with Crippen LogP contribution in [0.2, 0.25) is 0 Å². The molecule has 0 aliphatic carbocycles. The lowest BCUT2D eigenvalue weighted by Gasteiger charge is -2.22. The van der Waals surface area contributed by atoms with Gasteiger partial charge in [-0.1, -0.05) is 223 Å². The van der Waals surface area contributed by atoms with Gasteiger partial charge in [0.2, 0.25) is 5.91 Å². The fourth-order valence-corrected chi connectivity index (χ4v) is 8.29. The summed E-state index contributed by atoms with van der Waals surface area (Å²) in [4.78, 5) is 24.5. The maximum atomic E-state index is 12.4. The van der Waals surface area contributed by atoms with Crippen molar-refractivity contribution in [2.75, 3.05) is 13.2 Å². The molecule has 0 aromatic carbocycles. The summed E-state index contributed by atoms with van der Waals surface area (Å²) in [5.74, 6) is -0.0731. The van der Waals surface area contributed by atoms with Gasteiger partial charge in [0.15, 0.2) is 0 Å². The average Bonchev–Trinajstić information content (AvgIpc) is 3.29. The van der Waals surface area contributed by atoms with E-state index in [1.165, 1.54) is 161 Å². The van der Waals surface area contributed by atoms with E-state index in [1.807, 2.05) is 0 Å². The van der Waals surface area contributed by atoms with Gasteiger partial charge in [0.05, 0.1) is 25.4 Å². The predicted octanol–water partition coefficient (Wildman–Crippen LogP) is 17.0. The van der Waals surface area contributed by atoms with Gasteiger partial charge in [0.1, 0.15) is 0 Å².